The summed E-state index contributed by atoms with van der Waals surface area (Å²) in [5, 5.41) is 2.35. The molecule has 0 saturated heterocycles. The quantitative estimate of drug-likeness (QED) is 0.166. The number of rotatable bonds is 7. The van der Waals surface area contributed by atoms with Gasteiger partial charge in [0.15, 0.2) is 5.82 Å². The molecular formula is C44H40BN3. The summed E-state index contributed by atoms with van der Waals surface area (Å²) in [5.74, 6) is 1.52. The normalized spacial score (nSPS) is 11.1. The smallest absolute Gasteiger partial charge is 0.242 e. The number of hydrogen-bond acceptors (Lipinski definition) is 3. The largest absolute Gasteiger partial charge is 0.294 e. The van der Waals surface area contributed by atoms with Crippen molar-refractivity contribution >= 4 is 51.1 Å². The molecule has 0 spiro atoms. The molecule has 0 fully saturated rings. The van der Waals surface area contributed by atoms with E-state index in [0.717, 1.165) is 22.8 Å². The summed E-state index contributed by atoms with van der Waals surface area (Å²) in [4.78, 5) is 12.1. The molecule has 0 radical (unpaired) electrons. The lowest BCUT2D eigenvalue weighted by Gasteiger charge is -2.27. The van der Waals surface area contributed by atoms with Crippen molar-refractivity contribution < 1.29 is 0 Å². The first-order valence-electron chi connectivity index (χ1n) is 16.7. The molecule has 0 amide bonds. The van der Waals surface area contributed by atoms with Gasteiger partial charge in [-0.25, -0.2) is 9.97 Å². The SMILES string of the molecule is Cc1cc(C)c(B(c2ccc(N(c3ccnc(-c4ccccc4)n3)c3cccc4ccccc34)cc2)c2c(C)cc(C)cc2C)c(C)c1. The first-order chi connectivity index (χ1) is 23.3. The molecule has 0 aliphatic rings. The van der Waals surface area contributed by atoms with E-state index in [9.17, 15) is 0 Å². The average molecular weight is 622 g/mol. The first-order valence-corrected chi connectivity index (χ1v) is 16.7. The van der Waals surface area contributed by atoms with Crippen molar-refractivity contribution in [1.29, 1.82) is 0 Å². The number of aromatic nitrogens is 2. The monoisotopic (exact) mass is 621 g/mol. The van der Waals surface area contributed by atoms with E-state index in [4.69, 9.17) is 4.98 Å². The molecule has 6 aromatic carbocycles. The van der Waals surface area contributed by atoms with Crippen LogP contribution in [0.15, 0.2) is 134 Å². The van der Waals surface area contributed by atoms with Gasteiger partial charge in [0, 0.05) is 22.8 Å². The maximum absolute atomic E-state index is 5.13. The molecule has 3 nitrogen and oxygen atoms in total. The van der Waals surface area contributed by atoms with Gasteiger partial charge in [-0.3, -0.25) is 4.90 Å². The van der Waals surface area contributed by atoms with Crippen molar-refractivity contribution in [3.8, 4) is 11.4 Å². The third kappa shape index (κ3) is 5.91. The molecule has 1 heterocycles. The van der Waals surface area contributed by atoms with Crippen LogP contribution in [0.3, 0.4) is 0 Å². The van der Waals surface area contributed by atoms with Crippen molar-refractivity contribution in [3.05, 3.63) is 167 Å². The van der Waals surface area contributed by atoms with Gasteiger partial charge in [-0.05, 0) is 71.2 Å². The van der Waals surface area contributed by atoms with Crippen LogP contribution >= 0.6 is 0 Å². The Labute approximate surface area is 285 Å². The predicted octanol–water partition coefficient (Wildman–Crippen LogP) is 9.13. The molecule has 0 unspecified atom stereocenters. The van der Waals surface area contributed by atoms with E-state index in [1.54, 1.807) is 0 Å². The number of nitrogens with zero attached hydrogens (tertiary/aromatic N) is 3. The van der Waals surface area contributed by atoms with E-state index >= 15 is 0 Å². The van der Waals surface area contributed by atoms with Crippen LogP contribution in [0.1, 0.15) is 33.4 Å². The number of fused-ring (bicyclic) bond motifs is 1. The Hall–Kier alpha value is -5.48. The summed E-state index contributed by atoms with van der Waals surface area (Å²) in [6.07, 6.45) is 1.86. The summed E-state index contributed by atoms with van der Waals surface area (Å²) in [6, 6.07) is 45.6. The molecule has 0 aliphatic carbocycles. The van der Waals surface area contributed by atoms with Crippen molar-refractivity contribution in [3.63, 3.8) is 0 Å². The fourth-order valence-corrected chi connectivity index (χ4v) is 7.58. The summed E-state index contributed by atoms with van der Waals surface area (Å²) in [7, 11) is 0. The molecule has 7 aromatic rings. The highest BCUT2D eigenvalue weighted by Gasteiger charge is 2.29. The highest BCUT2D eigenvalue weighted by Crippen LogP contribution is 2.38. The summed E-state index contributed by atoms with van der Waals surface area (Å²) >= 11 is 0. The third-order valence-corrected chi connectivity index (χ3v) is 9.45. The zero-order valence-corrected chi connectivity index (χ0v) is 28.6. The zero-order chi connectivity index (χ0) is 33.4. The van der Waals surface area contributed by atoms with Gasteiger partial charge >= 0.3 is 0 Å². The van der Waals surface area contributed by atoms with Crippen LogP contribution in [0.2, 0.25) is 0 Å². The summed E-state index contributed by atoms with van der Waals surface area (Å²) < 4.78 is 0. The lowest BCUT2D eigenvalue weighted by Crippen LogP contribution is -2.55. The average Bonchev–Trinajstić information content (AvgIpc) is 3.08. The van der Waals surface area contributed by atoms with Gasteiger partial charge in [-0.2, -0.15) is 0 Å². The minimum atomic E-state index is 0.106. The van der Waals surface area contributed by atoms with Gasteiger partial charge in [-0.15, -0.1) is 0 Å². The van der Waals surface area contributed by atoms with E-state index in [-0.39, 0.29) is 6.71 Å². The Morgan fingerprint density at radius 1 is 0.542 bits per heavy atom. The number of anilines is 3. The second-order valence-corrected chi connectivity index (χ2v) is 13.1. The van der Waals surface area contributed by atoms with Crippen molar-refractivity contribution in [2.24, 2.45) is 0 Å². The summed E-state index contributed by atoms with van der Waals surface area (Å²) in [5.41, 5.74) is 15.1. The molecule has 0 atom stereocenters. The second-order valence-electron chi connectivity index (χ2n) is 13.1. The van der Waals surface area contributed by atoms with Gasteiger partial charge in [0.05, 0.1) is 5.69 Å². The van der Waals surface area contributed by atoms with E-state index in [0.29, 0.717) is 5.82 Å². The van der Waals surface area contributed by atoms with E-state index in [1.807, 2.05) is 30.5 Å². The van der Waals surface area contributed by atoms with Gasteiger partial charge in [0.1, 0.15) is 5.82 Å². The molecule has 234 valence electrons. The number of benzene rings is 6. The number of aryl methyl sites for hydroxylation is 6. The molecule has 0 aliphatic heterocycles. The highest BCUT2D eigenvalue weighted by atomic mass is 15.2. The van der Waals surface area contributed by atoms with E-state index in [1.165, 1.54) is 60.5 Å². The molecular weight excluding hydrogens is 581 g/mol. The molecule has 0 saturated carbocycles. The van der Waals surface area contributed by atoms with Gasteiger partial charge < -0.3 is 0 Å². The maximum atomic E-state index is 5.13. The first kappa shape index (κ1) is 31.1. The van der Waals surface area contributed by atoms with Crippen LogP contribution in [0.5, 0.6) is 0 Å². The standard InChI is InChI=1S/C44H40BN3/c1-29-25-31(3)42(32(4)26-29)45(43-33(5)27-30(2)28-34(43)6)37-19-21-38(22-20-37)48(40-18-12-16-35-13-10-11-17-39(35)40)41-23-24-46-44(47-41)36-14-8-7-9-15-36/h7-28H,1-6H3. The van der Waals surface area contributed by atoms with Gasteiger partial charge in [-0.1, -0.05) is 153 Å². The fourth-order valence-electron chi connectivity index (χ4n) is 7.58. The van der Waals surface area contributed by atoms with Crippen LogP contribution in [-0.2, 0) is 0 Å². The highest BCUT2D eigenvalue weighted by molar-refractivity contribution is 6.96. The molecule has 48 heavy (non-hydrogen) atoms. The lowest BCUT2D eigenvalue weighted by atomic mass is 9.34. The van der Waals surface area contributed by atoms with Crippen LogP contribution in [-0.4, -0.2) is 16.7 Å². The van der Waals surface area contributed by atoms with E-state index < -0.39 is 0 Å². The zero-order valence-electron chi connectivity index (χ0n) is 28.6. The Morgan fingerprint density at radius 3 is 1.73 bits per heavy atom. The topological polar surface area (TPSA) is 29.0 Å². The minimum absolute atomic E-state index is 0.106. The third-order valence-electron chi connectivity index (χ3n) is 9.45. The van der Waals surface area contributed by atoms with Crippen molar-refractivity contribution in [1.82, 2.24) is 9.97 Å². The number of hydrogen-bond donors (Lipinski definition) is 0. The van der Waals surface area contributed by atoms with Crippen LogP contribution < -0.4 is 21.3 Å². The van der Waals surface area contributed by atoms with Crippen molar-refractivity contribution in [2.45, 2.75) is 41.5 Å². The fraction of sp³-hybridized carbons (Fsp3) is 0.136. The Kier molecular flexibility index (Phi) is 8.41. The Balaban J connectivity index is 1.42. The molecule has 1 aromatic heterocycles. The molecule has 0 N–H and O–H groups in total. The molecule has 7 rings (SSSR count). The maximum Gasteiger partial charge on any atom is 0.242 e. The second kappa shape index (κ2) is 13.0. The van der Waals surface area contributed by atoms with Gasteiger partial charge in [0.2, 0.25) is 6.71 Å². The molecule has 0 bridgehead atoms. The Morgan fingerprint density at radius 2 is 1.10 bits per heavy atom. The Bertz CT molecular complexity index is 2150. The van der Waals surface area contributed by atoms with Gasteiger partial charge in [0.25, 0.3) is 0 Å². The van der Waals surface area contributed by atoms with Crippen LogP contribution in [0.4, 0.5) is 17.2 Å². The van der Waals surface area contributed by atoms with Crippen molar-refractivity contribution in [2.75, 3.05) is 4.90 Å². The summed E-state index contributed by atoms with van der Waals surface area (Å²) in [6.45, 7) is 13.5. The lowest BCUT2D eigenvalue weighted by molar-refractivity contribution is 1.12. The van der Waals surface area contributed by atoms with E-state index in [2.05, 4.69) is 155 Å². The van der Waals surface area contributed by atoms with Crippen LogP contribution in [0, 0.1) is 41.5 Å². The minimum Gasteiger partial charge on any atom is -0.294 e. The van der Waals surface area contributed by atoms with Crippen LogP contribution in [0.25, 0.3) is 22.2 Å². The predicted molar refractivity (Wildman–Crippen MR) is 206 cm³/mol. The molecule has 4 heteroatoms.